The summed E-state index contributed by atoms with van der Waals surface area (Å²) in [6.07, 6.45) is 0. The number of Topliss-reactive ketones (excluding diaryl/α,β-unsaturated/α-hetero) is 1. The van der Waals surface area contributed by atoms with E-state index in [4.69, 9.17) is 9.47 Å². The van der Waals surface area contributed by atoms with Gasteiger partial charge in [-0.25, -0.2) is 9.18 Å². The number of aliphatic hydroxyl groups excluding tert-OH is 1. The molecule has 0 bridgehead atoms. The third-order valence-corrected chi connectivity index (χ3v) is 5.66. The van der Waals surface area contributed by atoms with Crippen molar-refractivity contribution in [3.05, 3.63) is 94.8 Å². The number of rotatable bonds is 4. The number of halogens is 1. The maximum atomic E-state index is 14.9. The van der Waals surface area contributed by atoms with Gasteiger partial charge in [-0.15, -0.1) is 0 Å². The van der Waals surface area contributed by atoms with E-state index >= 15 is 0 Å². The standard InChI is InChI=1S/C25H16FNO7/c26-17-7-2-1-6-16(17)21-20(22(28)13-8-9-18-19(11-13)34-12-33-18)23(29)24(30)27(21)15-5-3-4-14(10-15)25(31)32/h1-11,21,28H,12H2,(H,31,32)/b22-20+. The summed E-state index contributed by atoms with van der Waals surface area (Å²) in [5.74, 6) is -3.74. The predicted octanol–water partition coefficient (Wildman–Crippen LogP) is 3.88. The van der Waals surface area contributed by atoms with Crippen molar-refractivity contribution in [3.8, 4) is 11.5 Å². The van der Waals surface area contributed by atoms with E-state index in [0.717, 1.165) is 4.90 Å². The van der Waals surface area contributed by atoms with Gasteiger partial charge in [0.1, 0.15) is 11.6 Å². The van der Waals surface area contributed by atoms with Gasteiger partial charge in [-0.05, 0) is 42.5 Å². The van der Waals surface area contributed by atoms with Crippen molar-refractivity contribution < 1.29 is 38.5 Å². The van der Waals surface area contributed by atoms with E-state index in [1.54, 1.807) is 6.07 Å². The Morgan fingerprint density at radius 3 is 2.44 bits per heavy atom. The van der Waals surface area contributed by atoms with E-state index in [1.807, 2.05) is 0 Å². The highest BCUT2D eigenvalue weighted by Crippen LogP contribution is 2.44. The summed E-state index contributed by atoms with van der Waals surface area (Å²) in [7, 11) is 0. The number of hydrogen-bond donors (Lipinski definition) is 2. The van der Waals surface area contributed by atoms with Crippen LogP contribution in [0.25, 0.3) is 5.76 Å². The molecule has 1 saturated heterocycles. The van der Waals surface area contributed by atoms with Crippen LogP contribution in [0.5, 0.6) is 11.5 Å². The number of fused-ring (bicyclic) bond motifs is 1. The first kappa shape index (κ1) is 21.2. The van der Waals surface area contributed by atoms with Gasteiger partial charge in [-0.1, -0.05) is 24.3 Å². The van der Waals surface area contributed by atoms with Gasteiger partial charge in [0.25, 0.3) is 11.7 Å². The summed E-state index contributed by atoms with van der Waals surface area (Å²) in [6.45, 7) is -0.000909. The Hall–Kier alpha value is -4.66. The monoisotopic (exact) mass is 461 g/mol. The summed E-state index contributed by atoms with van der Waals surface area (Å²) in [5.41, 5.74) is -0.260. The fourth-order valence-corrected chi connectivity index (χ4v) is 4.08. The van der Waals surface area contributed by atoms with Crippen molar-refractivity contribution in [1.29, 1.82) is 0 Å². The van der Waals surface area contributed by atoms with Crippen LogP contribution in [-0.2, 0) is 9.59 Å². The molecular formula is C25H16FNO7. The van der Waals surface area contributed by atoms with Gasteiger partial charge >= 0.3 is 5.97 Å². The average Bonchev–Trinajstić information content (AvgIpc) is 3.41. The summed E-state index contributed by atoms with van der Waals surface area (Å²) in [5, 5.41) is 20.5. The van der Waals surface area contributed by atoms with E-state index in [-0.39, 0.29) is 34.7 Å². The van der Waals surface area contributed by atoms with Crippen molar-refractivity contribution in [3.63, 3.8) is 0 Å². The molecule has 3 aromatic carbocycles. The number of carbonyl (C=O) groups is 3. The molecule has 9 heteroatoms. The number of carbonyl (C=O) groups excluding carboxylic acids is 2. The lowest BCUT2D eigenvalue weighted by Crippen LogP contribution is -2.30. The highest BCUT2D eigenvalue weighted by molar-refractivity contribution is 6.51. The number of ether oxygens (including phenoxy) is 2. The Morgan fingerprint density at radius 1 is 0.912 bits per heavy atom. The van der Waals surface area contributed by atoms with Crippen molar-refractivity contribution in [2.75, 3.05) is 11.7 Å². The summed E-state index contributed by atoms with van der Waals surface area (Å²) in [4.78, 5) is 38.7. The molecule has 1 atom stereocenters. The van der Waals surface area contributed by atoms with Crippen LogP contribution in [0.15, 0.2) is 72.3 Å². The second-order valence-electron chi connectivity index (χ2n) is 7.61. The quantitative estimate of drug-likeness (QED) is 0.344. The fourth-order valence-electron chi connectivity index (χ4n) is 4.08. The predicted molar refractivity (Wildman–Crippen MR) is 117 cm³/mol. The molecule has 2 aliphatic heterocycles. The van der Waals surface area contributed by atoms with Crippen LogP contribution < -0.4 is 14.4 Å². The SMILES string of the molecule is O=C1C(=O)N(c2cccc(C(=O)O)c2)C(c2ccccc2F)/C1=C(\O)c1ccc2c(c1)OCO2. The van der Waals surface area contributed by atoms with Gasteiger partial charge in [0.05, 0.1) is 17.2 Å². The van der Waals surface area contributed by atoms with Gasteiger partial charge < -0.3 is 19.7 Å². The second-order valence-corrected chi connectivity index (χ2v) is 7.61. The largest absolute Gasteiger partial charge is 0.507 e. The minimum Gasteiger partial charge on any atom is -0.507 e. The zero-order valence-corrected chi connectivity index (χ0v) is 17.4. The van der Waals surface area contributed by atoms with Crippen molar-refractivity contribution in [1.82, 2.24) is 0 Å². The molecule has 1 amide bonds. The van der Waals surface area contributed by atoms with Gasteiger partial charge in [0.2, 0.25) is 6.79 Å². The Bertz CT molecular complexity index is 1400. The molecule has 2 aliphatic rings. The Labute approximate surface area is 192 Å². The van der Waals surface area contributed by atoms with Gasteiger partial charge in [-0.3, -0.25) is 14.5 Å². The maximum absolute atomic E-state index is 14.9. The number of amides is 1. The van der Waals surface area contributed by atoms with Gasteiger partial charge in [0, 0.05) is 16.8 Å². The first-order chi connectivity index (χ1) is 16.4. The minimum absolute atomic E-state index is 0.000909. The number of aromatic carboxylic acids is 1. The zero-order chi connectivity index (χ0) is 24.0. The molecule has 2 N–H and O–H groups in total. The minimum atomic E-state index is -1.34. The van der Waals surface area contributed by atoms with Gasteiger partial charge in [-0.2, -0.15) is 0 Å². The van der Waals surface area contributed by atoms with E-state index < -0.39 is 35.3 Å². The number of nitrogens with zero attached hydrogens (tertiary/aromatic N) is 1. The molecule has 5 rings (SSSR count). The lowest BCUT2D eigenvalue weighted by Gasteiger charge is -2.26. The third-order valence-electron chi connectivity index (χ3n) is 5.66. The molecule has 2 heterocycles. The van der Waals surface area contributed by atoms with E-state index in [2.05, 4.69) is 0 Å². The van der Waals surface area contributed by atoms with Crippen molar-refractivity contribution in [2.45, 2.75) is 6.04 Å². The highest BCUT2D eigenvalue weighted by Gasteiger charge is 2.48. The van der Waals surface area contributed by atoms with Crippen LogP contribution in [0.2, 0.25) is 0 Å². The molecule has 1 unspecified atom stereocenters. The normalized spacial score (nSPS) is 18.4. The van der Waals surface area contributed by atoms with Gasteiger partial charge in [0.15, 0.2) is 11.5 Å². The number of carboxylic acid groups (broad SMARTS) is 1. The first-order valence-electron chi connectivity index (χ1n) is 10.2. The number of anilines is 1. The first-order valence-corrected chi connectivity index (χ1v) is 10.2. The molecule has 0 saturated carbocycles. The lowest BCUT2D eigenvalue weighted by molar-refractivity contribution is -0.132. The van der Waals surface area contributed by atoms with Crippen LogP contribution in [-0.4, -0.2) is 34.7 Å². The van der Waals surface area contributed by atoms with E-state index in [1.165, 1.54) is 60.7 Å². The third kappa shape index (κ3) is 3.34. The van der Waals surface area contributed by atoms with Crippen LogP contribution >= 0.6 is 0 Å². The number of aliphatic hydroxyl groups is 1. The maximum Gasteiger partial charge on any atom is 0.335 e. The number of carboxylic acids is 1. The molecule has 8 nitrogen and oxygen atoms in total. The van der Waals surface area contributed by atoms with Crippen LogP contribution in [0.1, 0.15) is 27.5 Å². The summed E-state index contributed by atoms with van der Waals surface area (Å²) < 4.78 is 25.5. The Morgan fingerprint density at radius 2 is 1.68 bits per heavy atom. The molecular weight excluding hydrogens is 445 g/mol. The average molecular weight is 461 g/mol. The molecule has 0 aromatic heterocycles. The molecule has 1 fully saturated rings. The molecule has 0 radical (unpaired) electrons. The number of benzene rings is 3. The number of hydrogen-bond acceptors (Lipinski definition) is 6. The molecule has 0 aliphatic carbocycles. The van der Waals surface area contributed by atoms with Crippen LogP contribution in [0.3, 0.4) is 0 Å². The Kier molecular flexibility index (Phi) is 5.01. The zero-order valence-electron chi connectivity index (χ0n) is 17.4. The number of ketones is 1. The lowest BCUT2D eigenvalue weighted by atomic mass is 9.94. The second kappa shape index (κ2) is 8.04. The summed E-state index contributed by atoms with van der Waals surface area (Å²) in [6, 6.07) is 14.1. The van der Waals surface area contributed by atoms with Crippen molar-refractivity contribution >= 4 is 29.1 Å². The molecule has 34 heavy (non-hydrogen) atoms. The van der Waals surface area contributed by atoms with E-state index in [9.17, 15) is 29.0 Å². The van der Waals surface area contributed by atoms with E-state index in [0.29, 0.717) is 11.5 Å². The highest BCUT2D eigenvalue weighted by atomic mass is 19.1. The Balaban J connectivity index is 1.73. The smallest absolute Gasteiger partial charge is 0.335 e. The molecule has 170 valence electrons. The fraction of sp³-hybridized carbons (Fsp3) is 0.0800. The topological polar surface area (TPSA) is 113 Å². The summed E-state index contributed by atoms with van der Waals surface area (Å²) >= 11 is 0. The van der Waals surface area contributed by atoms with Crippen molar-refractivity contribution in [2.24, 2.45) is 0 Å². The van der Waals surface area contributed by atoms with Crippen LogP contribution in [0.4, 0.5) is 10.1 Å². The molecule has 3 aromatic rings. The van der Waals surface area contributed by atoms with Crippen LogP contribution in [0, 0.1) is 5.82 Å². The molecule has 0 spiro atoms.